The number of rotatable bonds is 5. The molecule has 0 aliphatic carbocycles. The van der Waals surface area contributed by atoms with Crippen LogP contribution in [0.3, 0.4) is 0 Å². The van der Waals surface area contributed by atoms with E-state index in [1.165, 1.54) is 18.2 Å². The van der Waals surface area contributed by atoms with E-state index in [0.29, 0.717) is 4.90 Å². The second-order valence-corrected chi connectivity index (χ2v) is 7.07. The van der Waals surface area contributed by atoms with Gasteiger partial charge >= 0.3 is 5.97 Å². The van der Waals surface area contributed by atoms with E-state index < -0.39 is 15.8 Å². The molecule has 0 unspecified atom stereocenters. The second-order valence-electron chi connectivity index (χ2n) is 4.96. The molecule has 2 aromatic carbocycles. The number of sulfone groups is 1. The van der Waals surface area contributed by atoms with Crippen molar-refractivity contribution in [2.24, 2.45) is 0 Å². The maximum absolute atomic E-state index is 11.6. The van der Waals surface area contributed by atoms with Crippen LogP contribution in [-0.2, 0) is 29.3 Å². The molecule has 2 rings (SSSR count). The van der Waals surface area contributed by atoms with Crippen LogP contribution in [0.25, 0.3) is 0 Å². The zero-order valence-electron chi connectivity index (χ0n) is 13.8. The van der Waals surface area contributed by atoms with Gasteiger partial charge in [0.2, 0.25) is 0 Å². The average Bonchev–Trinajstić information content (AvgIpc) is 2.54. The van der Waals surface area contributed by atoms with Crippen molar-refractivity contribution in [3.63, 3.8) is 0 Å². The summed E-state index contributed by atoms with van der Waals surface area (Å²) in [5.41, 5.74) is 0.935. The molecule has 0 aliphatic heterocycles. The Morgan fingerprint density at radius 1 is 1.16 bits per heavy atom. The summed E-state index contributed by atoms with van der Waals surface area (Å²) in [6, 6.07) is 13.2. The van der Waals surface area contributed by atoms with Crippen LogP contribution in [0.15, 0.2) is 47.4 Å². The van der Waals surface area contributed by atoms with Crippen LogP contribution in [0.4, 0.5) is 0 Å². The molecule has 0 bridgehead atoms. The number of aliphatic hydroxyl groups excluding tert-OH is 1. The Morgan fingerprint density at radius 3 is 2.20 bits per heavy atom. The number of phenols is 1. The number of benzene rings is 2. The predicted molar refractivity (Wildman–Crippen MR) is 88.8 cm³/mol. The van der Waals surface area contributed by atoms with Gasteiger partial charge in [0.15, 0.2) is 9.84 Å². The summed E-state index contributed by atoms with van der Waals surface area (Å²) in [5, 5.41) is 25.8. The number of hydrogen-bond acceptors (Lipinski definition) is 5. The molecule has 132 valence electrons. The van der Waals surface area contributed by atoms with Crippen LogP contribution in [0.5, 0.6) is 5.75 Å². The quantitative estimate of drug-likeness (QED) is 0.508. The van der Waals surface area contributed by atoms with Gasteiger partial charge in [0.1, 0.15) is 0 Å². The van der Waals surface area contributed by atoms with Crippen molar-refractivity contribution in [3.05, 3.63) is 59.7 Å². The molecular formula is C17H19O6SZn-. The van der Waals surface area contributed by atoms with Gasteiger partial charge in [-0.3, -0.25) is 0 Å². The van der Waals surface area contributed by atoms with Crippen molar-refractivity contribution >= 4 is 15.8 Å². The summed E-state index contributed by atoms with van der Waals surface area (Å²) in [6.07, 6.45) is 0.288. The third-order valence-electron chi connectivity index (χ3n) is 3.02. The maximum Gasteiger partial charge on any atom is 0.314 e. The second kappa shape index (κ2) is 11.0. The number of aromatic carboxylic acids is 1. The van der Waals surface area contributed by atoms with E-state index >= 15 is 0 Å². The average molecular weight is 417 g/mol. The fraction of sp³-hybridized carbons (Fsp3) is 0.235. The van der Waals surface area contributed by atoms with Crippen LogP contribution in [0.1, 0.15) is 22.3 Å². The van der Waals surface area contributed by atoms with Crippen molar-refractivity contribution in [3.8, 4) is 5.75 Å². The number of aromatic hydroxyl groups is 1. The number of aliphatic hydroxyl groups is 1. The largest absolute Gasteiger partial charge is 0.565 e. The van der Waals surface area contributed by atoms with Gasteiger partial charge in [0.25, 0.3) is 0 Å². The Labute approximate surface area is 159 Å². The van der Waals surface area contributed by atoms with Gasteiger partial charge in [-0.05, 0) is 31.0 Å². The van der Waals surface area contributed by atoms with Crippen molar-refractivity contribution in [2.45, 2.75) is 18.2 Å². The standard InChI is InChI=1S/C10H14O3S.C7H5O3.Zn/c1-9-3-5-10(6-4-9)14(12,13)8-2-7-11;8-6-4-2-1-3-5(6)7(9)10;/h3-6,11H,2,7-8H2,1H3;1,3-4,8H,(H,9,10);/q;-1;. The van der Waals surface area contributed by atoms with E-state index in [2.05, 4.69) is 6.07 Å². The van der Waals surface area contributed by atoms with E-state index in [9.17, 15) is 13.2 Å². The Bertz CT molecular complexity index is 772. The van der Waals surface area contributed by atoms with Gasteiger partial charge in [0, 0.05) is 31.8 Å². The third-order valence-corrected chi connectivity index (χ3v) is 4.84. The Balaban J connectivity index is 0.000000465. The minimum atomic E-state index is -3.20. The molecule has 0 saturated carbocycles. The minimum Gasteiger partial charge on any atom is -0.565 e. The number of carboxylic acids is 1. The summed E-state index contributed by atoms with van der Waals surface area (Å²) < 4.78 is 23.2. The van der Waals surface area contributed by atoms with Crippen LogP contribution in [-0.4, -0.2) is 42.1 Å². The van der Waals surface area contributed by atoms with E-state index in [1.807, 2.05) is 6.92 Å². The summed E-state index contributed by atoms with van der Waals surface area (Å²) in [7, 11) is -3.20. The first kappa shape index (κ1) is 23.2. The van der Waals surface area contributed by atoms with Gasteiger partial charge in [0.05, 0.1) is 10.6 Å². The molecule has 2 aromatic rings. The molecular weight excluding hydrogens is 398 g/mol. The SMILES string of the molecule is Cc1ccc(S(=O)(=O)CCCO)cc1.O=C(O)c1cc[c-]cc1O.[Zn]. The van der Waals surface area contributed by atoms with Crippen molar-refractivity contribution in [1.29, 1.82) is 0 Å². The van der Waals surface area contributed by atoms with Gasteiger partial charge in [-0.1, -0.05) is 17.7 Å². The van der Waals surface area contributed by atoms with Gasteiger partial charge in [-0.25, -0.2) is 13.2 Å². The van der Waals surface area contributed by atoms with Gasteiger partial charge < -0.3 is 15.3 Å². The van der Waals surface area contributed by atoms with Crippen LogP contribution >= 0.6 is 0 Å². The topological polar surface area (TPSA) is 112 Å². The normalized spacial score (nSPS) is 10.2. The van der Waals surface area contributed by atoms with Crippen LogP contribution in [0, 0.1) is 13.0 Å². The van der Waals surface area contributed by atoms with E-state index in [0.717, 1.165) is 5.56 Å². The molecule has 0 radical (unpaired) electrons. The smallest absolute Gasteiger partial charge is 0.314 e. The monoisotopic (exact) mass is 415 g/mol. The summed E-state index contributed by atoms with van der Waals surface area (Å²) in [6.45, 7) is 1.81. The Morgan fingerprint density at radius 2 is 1.76 bits per heavy atom. The molecule has 6 nitrogen and oxygen atoms in total. The van der Waals surface area contributed by atoms with Gasteiger partial charge in [-0.2, -0.15) is 18.2 Å². The molecule has 0 aromatic heterocycles. The number of hydrogen-bond donors (Lipinski definition) is 3. The Kier molecular flexibility index (Phi) is 10.2. The maximum atomic E-state index is 11.6. The zero-order chi connectivity index (χ0) is 18.2. The van der Waals surface area contributed by atoms with Gasteiger partial charge in [-0.15, -0.1) is 6.07 Å². The molecule has 3 N–H and O–H groups in total. The first-order chi connectivity index (χ1) is 11.3. The fourth-order valence-corrected chi connectivity index (χ4v) is 3.02. The molecule has 0 amide bonds. The summed E-state index contributed by atoms with van der Waals surface area (Å²) >= 11 is 0. The first-order valence-electron chi connectivity index (χ1n) is 7.10. The number of aryl methyl sites for hydroxylation is 1. The molecule has 25 heavy (non-hydrogen) atoms. The molecule has 0 atom stereocenters. The zero-order valence-corrected chi connectivity index (χ0v) is 17.6. The Hall–Kier alpha value is -1.76. The number of carbonyl (C=O) groups is 1. The van der Waals surface area contributed by atoms with E-state index in [1.54, 1.807) is 24.3 Å². The molecule has 0 heterocycles. The van der Waals surface area contributed by atoms with E-state index in [-0.39, 0.29) is 49.6 Å². The molecule has 0 saturated heterocycles. The van der Waals surface area contributed by atoms with Crippen molar-refractivity contribution < 1.29 is 48.0 Å². The van der Waals surface area contributed by atoms with Crippen LogP contribution < -0.4 is 0 Å². The van der Waals surface area contributed by atoms with Crippen molar-refractivity contribution in [2.75, 3.05) is 12.4 Å². The third kappa shape index (κ3) is 7.77. The van der Waals surface area contributed by atoms with E-state index in [4.69, 9.17) is 15.3 Å². The first-order valence-corrected chi connectivity index (χ1v) is 8.76. The predicted octanol–water partition coefficient (Wildman–Crippen LogP) is 2.04. The molecule has 0 fully saturated rings. The number of carboxylic acid groups (broad SMARTS) is 1. The van der Waals surface area contributed by atoms with Crippen LogP contribution in [0.2, 0.25) is 0 Å². The summed E-state index contributed by atoms with van der Waals surface area (Å²) in [5.74, 6) is -1.38. The fourth-order valence-electron chi connectivity index (χ4n) is 1.72. The minimum absolute atomic E-state index is 0. The summed E-state index contributed by atoms with van der Waals surface area (Å²) in [4.78, 5) is 10.6. The molecule has 0 aliphatic rings. The molecule has 0 spiro atoms. The van der Waals surface area contributed by atoms with Crippen molar-refractivity contribution in [1.82, 2.24) is 0 Å². The molecule has 8 heteroatoms.